The number of Topliss-reactive ketones (excluding diaryl/α,β-unsaturated/α-hetero) is 1. The number of nitrogens with two attached hydrogens (primary N) is 1. The normalized spacial score (nSPS) is 30.0. The van der Waals surface area contributed by atoms with E-state index in [2.05, 4.69) is 11.9 Å². The number of phenolic OH excluding ortho intramolecular Hbond substituents is 2. The summed E-state index contributed by atoms with van der Waals surface area (Å²) in [5.41, 5.74) is 6.09. The van der Waals surface area contributed by atoms with Crippen LogP contribution in [0, 0.1) is 12.8 Å². The number of carbonyl (C=O) groups excluding carboxylic acids is 1. The van der Waals surface area contributed by atoms with Gasteiger partial charge in [0.1, 0.15) is 28.6 Å². The van der Waals surface area contributed by atoms with Crippen LogP contribution in [0.25, 0.3) is 10.8 Å². The Kier molecular flexibility index (Phi) is 6.29. The molecule has 0 aromatic heterocycles. The lowest BCUT2D eigenvalue weighted by atomic mass is 9.92. The van der Waals surface area contributed by atoms with E-state index in [4.69, 9.17) is 29.9 Å². The summed E-state index contributed by atoms with van der Waals surface area (Å²) in [6.45, 7) is 6.82. The molecule has 1 spiro atoms. The van der Waals surface area contributed by atoms with Crippen molar-refractivity contribution in [1.29, 1.82) is 0 Å². The molecule has 11 heteroatoms. The second-order valence-corrected chi connectivity index (χ2v) is 12.3. The number of aliphatic hydroxyl groups excluding tert-OH is 1. The first-order valence-corrected chi connectivity index (χ1v) is 14.1. The molecule has 2 bridgehead atoms. The van der Waals surface area contributed by atoms with Crippen molar-refractivity contribution in [3.8, 4) is 17.2 Å². The van der Waals surface area contributed by atoms with Gasteiger partial charge in [0, 0.05) is 49.9 Å². The predicted molar refractivity (Wildman–Crippen MR) is 151 cm³/mol. The second kappa shape index (κ2) is 9.30. The van der Waals surface area contributed by atoms with E-state index in [1.165, 1.54) is 26.4 Å². The Bertz CT molecular complexity index is 1610. The minimum Gasteiger partial charge on any atom is -0.507 e. The number of ketones is 1. The summed E-state index contributed by atoms with van der Waals surface area (Å²) in [6.07, 6.45) is 4.90. The van der Waals surface area contributed by atoms with Gasteiger partial charge in [-0.1, -0.05) is 13.8 Å². The van der Waals surface area contributed by atoms with Crippen molar-refractivity contribution < 1.29 is 34.3 Å². The van der Waals surface area contributed by atoms with Crippen molar-refractivity contribution in [1.82, 2.24) is 4.90 Å². The number of ether oxygens (including phenoxy) is 3. The van der Waals surface area contributed by atoms with Crippen LogP contribution in [0.15, 0.2) is 22.3 Å². The number of fused-ring (bicyclic) bond motifs is 7. The molecule has 4 heterocycles. The van der Waals surface area contributed by atoms with E-state index in [0.717, 1.165) is 12.8 Å². The van der Waals surface area contributed by atoms with Gasteiger partial charge in [-0.25, -0.2) is 0 Å². The number of phenols is 2. The van der Waals surface area contributed by atoms with Crippen LogP contribution >= 0.6 is 0 Å². The lowest BCUT2D eigenvalue weighted by Crippen LogP contribution is -2.47. The average Bonchev–Trinajstić information content (AvgIpc) is 3.49. The first-order valence-electron chi connectivity index (χ1n) is 14.1. The van der Waals surface area contributed by atoms with Crippen LogP contribution in [-0.2, 0) is 9.47 Å². The summed E-state index contributed by atoms with van der Waals surface area (Å²) in [5, 5.41) is 33.9. The van der Waals surface area contributed by atoms with Crippen LogP contribution in [0.1, 0.15) is 62.4 Å². The van der Waals surface area contributed by atoms with Crippen LogP contribution in [0.5, 0.6) is 17.2 Å². The zero-order valence-corrected chi connectivity index (χ0v) is 24.3. The van der Waals surface area contributed by atoms with Crippen molar-refractivity contribution in [2.75, 3.05) is 19.9 Å². The Hall–Kier alpha value is -3.41. The van der Waals surface area contributed by atoms with Crippen LogP contribution < -0.4 is 21.2 Å². The summed E-state index contributed by atoms with van der Waals surface area (Å²) in [7, 11) is 3.60. The van der Waals surface area contributed by atoms with Gasteiger partial charge in [0.15, 0.2) is 11.4 Å². The maximum absolute atomic E-state index is 14.1. The molecule has 5 N–H and O–H groups in total. The Morgan fingerprint density at radius 3 is 2.37 bits per heavy atom. The van der Waals surface area contributed by atoms with Gasteiger partial charge in [-0.2, -0.15) is 0 Å². The second-order valence-electron chi connectivity index (χ2n) is 12.3. The van der Waals surface area contributed by atoms with Gasteiger partial charge >= 0.3 is 5.79 Å². The van der Waals surface area contributed by atoms with Gasteiger partial charge < -0.3 is 40.2 Å². The van der Waals surface area contributed by atoms with Crippen molar-refractivity contribution in [2.24, 2.45) is 15.9 Å². The molecule has 6 rings (SSSR count). The zero-order valence-electron chi connectivity index (χ0n) is 24.3. The summed E-state index contributed by atoms with van der Waals surface area (Å²) in [5.74, 6) is -2.80. The molecule has 2 aromatic rings. The van der Waals surface area contributed by atoms with Crippen LogP contribution in [0.3, 0.4) is 0 Å². The molecule has 0 aliphatic carbocycles. The molecule has 4 aliphatic heterocycles. The molecule has 11 nitrogen and oxygen atoms in total. The number of hydrogen-bond donors (Lipinski definition) is 4. The topological polar surface area (TPSA) is 159 Å². The Labute approximate surface area is 237 Å². The molecule has 0 amide bonds. The van der Waals surface area contributed by atoms with Crippen molar-refractivity contribution >= 4 is 22.2 Å². The molecular formula is C30H38N4O7. The summed E-state index contributed by atoms with van der Waals surface area (Å²) in [6, 6.07) is 0.660. The maximum Gasteiger partial charge on any atom is 0.312 e. The third kappa shape index (κ3) is 3.93. The van der Waals surface area contributed by atoms with E-state index < -0.39 is 29.4 Å². The number of piperidine rings is 1. The van der Waals surface area contributed by atoms with Crippen LogP contribution in [0.4, 0.5) is 5.69 Å². The van der Waals surface area contributed by atoms with E-state index in [1.54, 1.807) is 6.92 Å². The van der Waals surface area contributed by atoms with Gasteiger partial charge in [0.25, 0.3) is 5.78 Å². The number of aliphatic hydroxyl groups is 1. The van der Waals surface area contributed by atoms with Crippen molar-refractivity contribution in [3.63, 3.8) is 0 Å². The highest BCUT2D eigenvalue weighted by atomic mass is 16.7. The number of methoxy groups -OCH3 is 1. The van der Waals surface area contributed by atoms with Crippen molar-refractivity contribution in [3.05, 3.63) is 34.2 Å². The lowest BCUT2D eigenvalue weighted by molar-refractivity contribution is -0.0861. The Balaban J connectivity index is 1.48. The van der Waals surface area contributed by atoms with Crippen molar-refractivity contribution in [2.45, 2.75) is 89.1 Å². The van der Waals surface area contributed by atoms with E-state index in [1.807, 2.05) is 13.8 Å². The SMILES string of the molecule is CO[C@@H](/C=C/O[C@@]1(C)Oc2c(C)c(O)c3c(O)c(N)c4c(c3c2C1=O)=NC1(CC2CC[C@@H](C1)N2C)N=4)C(O)C(C)C. The Morgan fingerprint density at radius 1 is 1.12 bits per heavy atom. The van der Waals surface area contributed by atoms with Crippen LogP contribution in [-0.4, -0.2) is 75.9 Å². The third-order valence-electron chi connectivity index (χ3n) is 9.41. The number of hydrogen-bond acceptors (Lipinski definition) is 11. The molecule has 4 aliphatic rings. The highest BCUT2D eigenvalue weighted by Gasteiger charge is 2.51. The number of nitrogens with zero attached hydrogens (tertiary/aromatic N) is 3. The summed E-state index contributed by atoms with van der Waals surface area (Å²) >= 11 is 0. The fourth-order valence-electron chi connectivity index (χ4n) is 6.91. The zero-order chi connectivity index (χ0) is 29.6. The first-order chi connectivity index (χ1) is 19.3. The highest BCUT2D eigenvalue weighted by molar-refractivity contribution is 6.19. The molecule has 41 heavy (non-hydrogen) atoms. The minimum atomic E-state index is -1.78. The average molecular weight is 567 g/mol. The number of anilines is 1. The molecule has 2 fully saturated rings. The fourth-order valence-corrected chi connectivity index (χ4v) is 6.91. The summed E-state index contributed by atoms with van der Waals surface area (Å²) < 4.78 is 17.3. The van der Waals surface area contributed by atoms with Crippen LogP contribution in [0.2, 0.25) is 0 Å². The van der Waals surface area contributed by atoms with E-state index in [-0.39, 0.29) is 50.8 Å². The van der Waals surface area contributed by atoms with E-state index in [0.29, 0.717) is 35.6 Å². The quantitative estimate of drug-likeness (QED) is 0.234. The number of nitrogen functional groups attached to an aromatic ring is 1. The smallest absolute Gasteiger partial charge is 0.312 e. The molecular weight excluding hydrogens is 528 g/mol. The number of benzene rings is 2. The third-order valence-corrected chi connectivity index (χ3v) is 9.41. The van der Waals surface area contributed by atoms with Gasteiger partial charge in [-0.05, 0) is 38.8 Å². The van der Waals surface area contributed by atoms with Gasteiger partial charge in [-0.3, -0.25) is 14.8 Å². The first kappa shape index (κ1) is 27.7. The van der Waals surface area contributed by atoms with Gasteiger partial charge in [-0.15, -0.1) is 0 Å². The highest BCUT2D eigenvalue weighted by Crippen LogP contribution is 2.50. The maximum atomic E-state index is 14.1. The number of aromatic hydroxyl groups is 2. The molecule has 6 atom stereocenters. The molecule has 0 saturated carbocycles. The minimum absolute atomic E-state index is 0.0247. The molecule has 220 valence electrons. The molecule has 0 radical (unpaired) electrons. The number of carbonyl (C=O) groups is 1. The van der Waals surface area contributed by atoms with E-state index >= 15 is 0 Å². The standard InChI is InChI=1S/C30H38N4O7/c1-13(2)24(35)17(39-6)9-10-40-29(4)28(38)20-18-19(25(36)14(3)27(20)41-29)26(37)21(31)23-22(18)32-30(33-23)11-15-7-8-16(12-30)34(15)5/h9-10,13,15-17,24,35-37H,7-8,11-12,31H2,1-6H3/b10-9+/t15-,16?,17-,24?,29-,30?/m0/s1. The monoisotopic (exact) mass is 566 g/mol. The Morgan fingerprint density at radius 2 is 1.76 bits per heavy atom. The van der Waals surface area contributed by atoms with Gasteiger partial charge in [0.2, 0.25) is 0 Å². The van der Waals surface area contributed by atoms with Gasteiger partial charge in [0.05, 0.1) is 28.7 Å². The largest absolute Gasteiger partial charge is 0.507 e. The summed E-state index contributed by atoms with van der Waals surface area (Å²) in [4.78, 5) is 26.5. The number of rotatable bonds is 6. The fraction of sp³-hybridized carbons (Fsp3) is 0.567. The molecule has 2 saturated heterocycles. The van der Waals surface area contributed by atoms with E-state index in [9.17, 15) is 20.1 Å². The predicted octanol–water partition coefficient (Wildman–Crippen LogP) is 2.20. The lowest BCUT2D eigenvalue weighted by Gasteiger charge is -2.39. The molecule has 3 unspecified atom stereocenters. The molecule has 2 aromatic carbocycles.